The summed E-state index contributed by atoms with van der Waals surface area (Å²) >= 11 is 0. The Morgan fingerprint density at radius 3 is 2.40 bits per heavy atom. The fourth-order valence-corrected chi connectivity index (χ4v) is 3.43. The highest BCUT2D eigenvalue weighted by Gasteiger charge is 2.26. The van der Waals surface area contributed by atoms with Crippen LogP contribution in [0.5, 0.6) is 0 Å². The minimum atomic E-state index is -3.90. The van der Waals surface area contributed by atoms with Gasteiger partial charge in [-0.3, -0.25) is 0 Å². The lowest BCUT2D eigenvalue weighted by molar-refractivity contribution is 0.126. The zero-order valence-electron chi connectivity index (χ0n) is 12.1. The maximum absolute atomic E-state index is 12.4. The summed E-state index contributed by atoms with van der Waals surface area (Å²) in [6, 6.07) is 3.42. The van der Waals surface area contributed by atoms with Crippen molar-refractivity contribution in [1.82, 2.24) is 9.62 Å². The van der Waals surface area contributed by atoms with Gasteiger partial charge in [-0.25, -0.2) is 17.2 Å². The summed E-state index contributed by atoms with van der Waals surface area (Å²) in [6.45, 7) is 3.20. The molecular formula is C13H20F2N2O2S. The summed E-state index contributed by atoms with van der Waals surface area (Å²) in [5, 5.41) is 2.94. The molecule has 1 aromatic carbocycles. The van der Waals surface area contributed by atoms with Crippen LogP contribution in [0.1, 0.15) is 16.7 Å². The molecule has 0 amide bonds. The molecular weight excluding hydrogens is 286 g/mol. The summed E-state index contributed by atoms with van der Waals surface area (Å²) in [4.78, 5) is 0.0888. The molecule has 0 aromatic heterocycles. The molecule has 0 radical (unpaired) electrons. The fourth-order valence-electron chi connectivity index (χ4n) is 1.93. The van der Waals surface area contributed by atoms with Crippen molar-refractivity contribution in [3.63, 3.8) is 0 Å². The maximum atomic E-state index is 12.4. The first-order valence-electron chi connectivity index (χ1n) is 6.19. The molecule has 0 bridgehead atoms. The number of sulfonamides is 1. The number of aryl methyl sites for hydroxylation is 1. The van der Waals surface area contributed by atoms with Crippen molar-refractivity contribution < 1.29 is 17.2 Å². The highest BCUT2D eigenvalue weighted by molar-refractivity contribution is 7.89. The van der Waals surface area contributed by atoms with Gasteiger partial charge in [0.15, 0.2) is 0 Å². The molecule has 0 unspecified atom stereocenters. The molecule has 0 saturated heterocycles. The van der Waals surface area contributed by atoms with Gasteiger partial charge in [0.05, 0.1) is 11.4 Å². The molecule has 0 heterocycles. The van der Waals surface area contributed by atoms with Gasteiger partial charge in [-0.05, 0) is 43.7 Å². The van der Waals surface area contributed by atoms with E-state index in [4.69, 9.17) is 0 Å². The standard InChI is InChI=1S/C13H20F2N2O2S/c1-9-5-11(7-16-3)6-12(10(9)2)20(18,19)17(4)8-13(14)15/h5-6,13,16H,7-8H2,1-4H3. The van der Waals surface area contributed by atoms with Crippen LogP contribution in [0, 0.1) is 13.8 Å². The van der Waals surface area contributed by atoms with E-state index in [1.807, 2.05) is 6.07 Å². The van der Waals surface area contributed by atoms with Crippen molar-refractivity contribution >= 4 is 10.0 Å². The second-order valence-corrected chi connectivity index (χ2v) is 6.76. The van der Waals surface area contributed by atoms with E-state index in [-0.39, 0.29) is 4.90 Å². The quantitative estimate of drug-likeness (QED) is 0.873. The first kappa shape index (κ1) is 17.0. The molecule has 0 atom stereocenters. The van der Waals surface area contributed by atoms with Crippen LogP contribution in [0.2, 0.25) is 0 Å². The monoisotopic (exact) mass is 306 g/mol. The third kappa shape index (κ3) is 3.74. The minimum Gasteiger partial charge on any atom is -0.316 e. The Morgan fingerprint density at radius 1 is 1.30 bits per heavy atom. The van der Waals surface area contributed by atoms with Crippen molar-refractivity contribution in [3.8, 4) is 0 Å². The van der Waals surface area contributed by atoms with E-state index in [1.165, 1.54) is 13.1 Å². The van der Waals surface area contributed by atoms with E-state index in [1.54, 1.807) is 20.9 Å². The Hall–Kier alpha value is -1.05. The molecule has 4 nitrogen and oxygen atoms in total. The predicted octanol–water partition coefficient (Wildman–Crippen LogP) is 1.91. The van der Waals surface area contributed by atoms with E-state index in [2.05, 4.69) is 5.32 Å². The SMILES string of the molecule is CNCc1cc(C)c(C)c(S(=O)(=O)N(C)CC(F)F)c1. The highest BCUT2D eigenvalue weighted by atomic mass is 32.2. The average molecular weight is 306 g/mol. The fraction of sp³-hybridized carbons (Fsp3) is 0.538. The number of alkyl halides is 2. The maximum Gasteiger partial charge on any atom is 0.252 e. The molecule has 0 aliphatic heterocycles. The van der Waals surface area contributed by atoms with Gasteiger partial charge in [0.2, 0.25) is 10.0 Å². The van der Waals surface area contributed by atoms with Gasteiger partial charge >= 0.3 is 0 Å². The van der Waals surface area contributed by atoms with Gasteiger partial charge in [0.25, 0.3) is 6.43 Å². The molecule has 20 heavy (non-hydrogen) atoms. The Balaban J connectivity index is 3.29. The number of hydrogen-bond donors (Lipinski definition) is 1. The van der Waals surface area contributed by atoms with Crippen molar-refractivity contribution in [1.29, 1.82) is 0 Å². The number of nitrogens with zero attached hydrogens (tertiary/aromatic N) is 1. The molecule has 0 aliphatic carbocycles. The van der Waals surface area contributed by atoms with Crippen LogP contribution in [-0.4, -0.2) is 39.8 Å². The van der Waals surface area contributed by atoms with Gasteiger partial charge in [-0.15, -0.1) is 0 Å². The largest absolute Gasteiger partial charge is 0.316 e. The Morgan fingerprint density at radius 2 is 1.90 bits per heavy atom. The van der Waals surface area contributed by atoms with E-state index in [9.17, 15) is 17.2 Å². The molecule has 1 N–H and O–H groups in total. The normalized spacial score (nSPS) is 12.4. The van der Waals surface area contributed by atoms with Gasteiger partial charge < -0.3 is 5.32 Å². The van der Waals surface area contributed by atoms with E-state index < -0.39 is 23.0 Å². The Labute approximate surface area is 118 Å². The van der Waals surface area contributed by atoms with Gasteiger partial charge in [-0.2, -0.15) is 4.31 Å². The lowest BCUT2D eigenvalue weighted by Crippen LogP contribution is -2.32. The van der Waals surface area contributed by atoms with Crippen molar-refractivity contribution in [3.05, 3.63) is 28.8 Å². The van der Waals surface area contributed by atoms with Gasteiger partial charge in [0.1, 0.15) is 0 Å². The van der Waals surface area contributed by atoms with Crippen LogP contribution in [-0.2, 0) is 16.6 Å². The lowest BCUT2D eigenvalue weighted by atomic mass is 10.1. The molecule has 114 valence electrons. The van der Waals surface area contributed by atoms with Gasteiger partial charge in [-0.1, -0.05) is 6.07 Å². The number of halogens is 2. The van der Waals surface area contributed by atoms with Crippen molar-refractivity contribution in [2.24, 2.45) is 0 Å². The molecule has 0 saturated carbocycles. The Bertz CT molecular complexity index is 574. The third-order valence-corrected chi connectivity index (χ3v) is 5.09. The minimum absolute atomic E-state index is 0.0888. The summed E-state index contributed by atoms with van der Waals surface area (Å²) in [6.07, 6.45) is -2.70. The molecule has 0 aliphatic rings. The number of rotatable bonds is 6. The third-order valence-electron chi connectivity index (χ3n) is 3.14. The summed E-state index contributed by atoms with van der Waals surface area (Å²) in [7, 11) is -0.979. The lowest BCUT2D eigenvalue weighted by Gasteiger charge is -2.20. The van der Waals surface area contributed by atoms with Crippen LogP contribution in [0.15, 0.2) is 17.0 Å². The number of benzene rings is 1. The van der Waals surface area contributed by atoms with Crippen LogP contribution < -0.4 is 5.32 Å². The summed E-state index contributed by atoms with van der Waals surface area (Å²) < 4.78 is 50.2. The molecule has 1 rings (SSSR count). The average Bonchev–Trinajstić information content (AvgIpc) is 2.32. The zero-order valence-corrected chi connectivity index (χ0v) is 12.9. The summed E-state index contributed by atoms with van der Waals surface area (Å²) in [5.41, 5.74) is 2.22. The smallest absolute Gasteiger partial charge is 0.252 e. The second kappa shape index (κ2) is 6.60. The topological polar surface area (TPSA) is 49.4 Å². The van der Waals surface area contributed by atoms with Crippen molar-refractivity contribution in [2.45, 2.75) is 31.7 Å². The van der Waals surface area contributed by atoms with E-state index >= 15 is 0 Å². The predicted molar refractivity (Wildman–Crippen MR) is 74.5 cm³/mol. The van der Waals surface area contributed by atoms with E-state index in [0.29, 0.717) is 16.4 Å². The first-order chi connectivity index (χ1) is 9.20. The zero-order chi connectivity index (χ0) is 15.5. The van der Waals surface area contributed by atoms with E-state index in [0.717, 1.165) is 11.1 Å². The Kier molecular flexibility index (Phi) is 5.61. The molecule has 0 spiro atoms. The van der Waals surface area contributed by atoms with Crippen LogP contribution in [0.4, 0.5) is 8.78 Å². The second-order valence-electron chi connectivity index (χ2n) is 4.74. The molecule has 1 aromatic rings. The molecule has 0 fully saturated rings. The van der Waals surface area contributed by atoms with Crippen LogP contribution in [0.3, 0.4) is 0 Å². The van der Waals surface area contributed by atoms with Gasteiger partial charge in [0, 0.05) is 13.6 Å². The van der Waals surface area contributed by atoms with Crippen LogP contribution in [0.25, 0.3) is 0 Å². The highest BCUT2D eigenvalue weighted by Crippen LogP contribution is 2.24. The number of nitrogens with one attached hydrogen (secondary N) is 1. The first-order valence-corrected chi connectivity index (χ1v) is 7.63. The number of hydrogen-bond acceptors (Lipinski definition) is 3. The molecule has 7 heteroatoms. The van der Waals surface area contributed by atoms with Crippen LogP contribution >= 0.6 is 0 Å². The summed E-state index contributed by atoms with van der Waals surface area (Å²) in [5.74, 6) is 0. The van der Waals surface area contributed by atoms with Crippen molar-refractivity contribution in [2.75, 3.05) is 20.6 Å².